The van der Waals surface area contributed by atoms with Crippen LogP contribution in [0.2, 0.25) is 0 Å². The van der Waals surface area contributed by atoms with Crippen LogP contribution in [0.4, 0.5) is 23.7 Å². The lowest BCUT2D eigenvalue weighted by molar-refractivity contribution is -0.134. The summed E-state index contributed by atoms with van der Waals surface area (Å²) >= 11 is 0. The van der Waals surface area contributed by atoms with Crippen molar-refractivity contribution in [3.63, 3.8) is 0 Å². The van der Waals surface area contributed by atoms with Crippen molar-refractivity contribution in [3.8, 4) is 28.3 Å². The van der Waals surface area contributed by atoms with Gasteiger partial charge in [-0.3, -0.25) is 9.69 Å². The summed E-state index contributed by atoms with van der Waals surface area (Å²) < 4.78 is 50.3. The summed E-state index contributed by atoms with van der Waals surface area (Å²) in [7, 11) is 0. The number of alkyl halides is 3. The molecule has 0 atom stereocenters. The lowest BCUT2D eigenvalue weighted by Crippen LogP contribution is -2.44. The Morgan fingerprint density at radius 2 is 1.73 bits per heavy atom. The molecular weight excluding hydrogens is 487 g/mol. The number of alkyl carbamates (subject to hydrolysis) is 1. The summed E-state index contributed by atoms with van der Waals surface area (Å²) in [6, 6.07) is 17.8. The van der Waals surface area contributed by atoms with E-state index in [9.17, 15) is 22.8 Å². The van der Waals surface area contributed by atoms with E-state index in [1.54, 1.807) is 45.0 Å². The molecule has 7 nitrogen and oxygen atoms in total. The molecule has 4 rings (SSSR count). The Morgan fingerprint density at radius 1 is 1.05 bits per heavy atom. The molecular formula is C27H26F3N3O4. The van der Waals surface area contributed by atoms with Gasteiger partial charge in [0, 0.05) is 17.7 Å². The fourth-order valence-corrected chi connectivity index (χ4v) is 3.81. The van der Waals surface area contributed by atoms with Crippen molar-refractivity contribution < 1.29 is 32.2 Å². The molecule has 0 aliphatic carbocycles. The standard InChI is InChI=1S/C27H26F3N3O4/c1-26(2,3)37-25(35)31-14-17-9-11-19(12-10-17)23-20(18-7-5-4-6-8-18)13-21-24(32-23)36-15-22(34)33(21)16-27(28,29)30/h4-13H,14-16H2,1-3H3,(H,31,35). The van der Waals surface area contributed by atoms with Crippen LogP contribution < -0.4 is 15.0 Å². The van der Waals surface area contributed by atoms with Crippen LogP contribution in [0.25, 0.3) is 22.4 Å². The minimum absolute atomic E-state index is 0.0330. The molecule has 3 aromatic rings. The van der Waals surface area contributed by atoms with Crippen molar-refractivity contribution in [1.82, 2.24) is 10.3 Å². The Balaban J connectivity index is 1.68. The average Bonchev–Trinajstić information content (AvgIpc) is 2.83. The molecule has 2 aromatic carbocycles. The van der Waals surface area contributed by atoms with Gasteiger partial charge in [0.25, 0.3) is 5.91 Å². The smallest absolute Gasteiger partial charge is 0.407 e. The zero-order valence-electron chi connectivity index (χ0n) is 20.6. The van der Waals surface area contributed by atoms with Gasteiger partial charge in [-0.15, -0.1) is 0 Å². The molecule has 1 aliphatic rings. The molecule has 10 heteroatoms. The summed E-state index contributed by atoms with van der Waals surface area (Å²) in [5.74, 6) is -0.838. The number of fused-ring (bicyclic) bond motifs is 1. The number of rotatable bonds is 5. The van der Waals surface area contributed by atoms with E-state index in [4.69, 9.17) is 9.47 Å². The van der Waals surface area contributed by atoms with E-state index >= 15 is 0 Å². The van der Waals surface area contributed by atoms with Gasteiger partial charge in [-0.2, -0.15) is 13.2 Å². The van der Waals surface area contributed by atoms with Crippen molar-refractivity contribution in [2.24, 2.45) is 0 Å². The highest BCUT2D eigenvalue weighted by molar-refractivity contribution is 5.99. The van der Waals surface area contributed by atoms with Crippen LogP contribution in [0.15, 0.2) is 60.7 Å². The molecule has 0 unspecified atom stereocenters. The van der Waals surface area contributed by atoms with Gasteiger partial charge in [0.2, 0.25) is 5.88 Å². The average molecular weight is 514 g/mol. The first-order chi connectivity index (χ1) is 17.4. The number of pyridine rings is 1. The second-order valence-electron chi connectivity index (χ2n) is 9.51. The normalized spacial score (nSPS) is 13.6. The van der Waals surface area contributed by atoms with E-state index in [1.165, 1.54) is 6.07 Å². The van der Waals surface area contributed by atoms with Gasteiger partial charge < -0.3 is 14.8 Å². The van der Waals surface area contributed by atoms with Gasteiger partial charge in [-0.25, -0.2) is 9.78 Å². The molecule has 2 heterocycles. The van der Waals surface area contributed by atoms with Gasteiger partial charge >= 0.3 is 12.3 Å². The van der Waals surface area contributed by atoms with Gasteiger partial charge in [0.1, 0.15) is 17.8 Å². The number of aromatic nitrogens is 1. The van der Waals surface area contributed by atoms with E-state index in [0.29, 0.717) is 27.3 Å². The molecule has 0 saturated heterocycles. The van der Waals surface area contributed by atoms with Gasteiger partial charge in [-0.05, 0) is 38.0 Å². The number of hydrogen-bond donors (Lipinski definition) is 1. The summed E-state index contributed by atoms with van der Waals surface area (Å²) in [6.07, 6.45) is -5.12. The Labute approximate surface area is 212 Å². The summed E-state index contributed by atoms with van der Waals surface area (Å²) in [4.78, 5) is 29.4. The van der Waals surface area contributed by atoms with Gasteiger partial charge in [0.15, 0.2) is 6.61 Å². The summed E-state index contributed by atoms with van der Waals surface area (Å²) in [5.41, 5.74) is 2.60. The second-order valence-corrected chi connectivity index (χ2v) is 9.51. The van der Waals surface area contributed by atoms with E-state index in [1.807, 2.05) is 30.3 Å². The number of amides is 2. The third-order valence-corrected chi connectivity index (χ3v) is 5.38. The number of hydrogen-bond acceptors (Lipinski definition) is 5. The largest absolute Gasteiger partial charge is 0.466 e. The van der Waals surface area contributed by atoms with E-state index in [-0.39, 0.29) is 18.1 Å². The SMILES string of the molecule is CC(C)(C)OC(=O)NCc1ccc(-c2nc3c(cc2-c2ccccc2)N(CC(F)(F)F)C(=O)CO3)cc1. The molecule has 1 N–H and O–H groups in total. The monoisotopic (exact) mass is 513 g/mol. The van der Waals surface area contributed by atoms with Gasteiger partial charge in [0.05, 0.1) is 5.69 Å². The van der Waals surface area contributed by atoms with Crippen LogP contribution in [-0.4, -0.2) is 41.9 Å². The molecule has 0 fully saturated rings. The lowest BCUT2D eigenvalue weighted by Gasteiger charge is -2.30. The van der Waals surface area contributed by atoms with E-state index < -0.39 is 36.9 Å². The van der Waals surface area contributed by atoms with Gasteiger partial charge in [-0.1, -0.05) is 54.6 Å². The van der Waals surface area contributed by atoms with Crippen molar-refractivity contribution in [2.45, 2.75) is 39.1 Å². The maximum absolute atomic E-state index is 13.2. The number of benzene rings is 2. The topological polar surface area (TPSA) is 80.8 Å². The number of carbonyl (C=O) groups is 2. The second kappa shape index (κ2) is 10.1. The molecule has 0 saturated carbocycles. The number of nitrogens with zero attached hydrogens (tertiary/aromatic N) is 2. The van der Waals surface area contributed by atoms with E-state index in [2.05, 4.69) is 10.3 Å². The van der Waals surface area contributed by atoms with Crippen LogP contribution >= 0.6 is 0 Å². The zero-order chi connectivity index (χ0) is 26.8. The maximum Gasteiger partial charge on any atom is 0.407 e. The molecule has 2 amide bonds. The molecule has 194 valence electrons. The third-order valence-electron chi connectivity index (χ3n) is 5.38. The first-order valence-corrected chi connectivity index (χ1v) is 11.6. The first-order valence-electron chi connectivity index (χ1n) is 11.6. The zero-order valence-corrected chi connectivity index (χ0v) is 20.6. The molecule has 1 aliphatic heterocycles. The fourth-order valence-electron chi connectivity index (χ4n) is 3.81. The summed E-state index contributed by atoms with van der Waals surface area (Å²) in [6.45, 7) is 3.61. The predicted molar refractivity (Wildman–Crippen MR) is 132 cm³/mol. The highest BCUT2D eigenvalue weighted by atomic mass is 19.4. The lowest BCUT2D eigenvalue weighted by atomic mass is 9.97. The number of halogens is 3. The van der Waals surface area contributed by atoms with Crippen LogP contribution in [0, 0.1) is 0 Å². The number of nitrogens with one attached hydrogen (secondary N) is 1. The number of anilines is 1. The molecule has 0 radical (unpaired) electrons. The van der Waals surface area contributed by atoms with E-state index in [0.717, 1.165) is 5.56 Å². The number of ether oxygens (including phenoxy) is 2. The minimum Gasteiger partial charge on any atom is -0.466 e. The van der Waals surface area contributed by atoms with Crippen molar-refractivity contribution in [1.29, 1.82) is 0 Å². The number of carbonyl (C=O) groups excluding carboxylic acids is 2. The van der Waals surface area contributed by atoms with Crippen LogP contribution in [0.5, 0.6) is 5.88 Å². The van der Waals surface area contributed by atoms with Crippen LogP contribution in [0.3, 0.4) is 0 Å². The minimum atomic E-state index is -4.58. The highest BCUT2D eigenvalue weighted by Gasteiger charge is 2.38. The fraction of sp³-hybridized carbons (Fsp3) is 0.296. The quantitative estimate of drug-likeness (QED) is 0.472. The molecule has 0 bridgehead atoms. The molecule has 37 heavy (non-hydrogen) atoms. The maximum atomic E-state index is 13.2. The predicted octanol–water partition coefficient (Wildman–Crippen LogP) is 5.73. The Morgan fingerprint density at radius 3 is 2.35 bits per heavy atom. The van der Waals surface area contributed by atoms with Crippen LogP contribution in [0.1, 0.15) is 26.3 Å². The Bertz CT molecular complexity index is 1290. The Kier molecular flexibility index (Phi) is 7.11. The van der Waals surface area contributed by atoms with Crippen molar-refractivity contribution in [3.05, 3.63) is 66.2 Å². The van der Waals surface area contributed by atoms with Crippen LogP contribution in [-0.2, 0) is 16.1 Å². The highest BCUT2D eigenvalue weighted by Crippen LogP contribution is 2.41. The molecule has 1 aromatic heterocycles. The molecule has 0 spiro atoms. The van der Waals surface area contributed by atoms with Crippen molar-refractivity contribution in [2.75, 3.05) is 18.1 Å². The first kappa shape index (κ1) is 26.0. The third kappa shape index (κ3) is 6.58. The summed E-state index contributed by atoms with van der Waals surface area (Å²) in [5, 5.41) is 2.69. The Hall–Kier alpha value is -4.08. The van der Waals surface area contributed by atoms with Crippen molar-refractivity contribution >= 4 is 17.7 Å².